The van der Waals surface area contributed by atoms with Gasteiger partial charge in [0.05, 0.1) is 6.04 Å². The molecular weight excluding hydrogens is 278 g/mol. The summed E-state index contributed by atoms with van der Waals surface area (Å²) in [5.41, 5.74) is -0.643. The van der Waals surface area contributed by atoms with Crippen LogP contribution in [0.15, 0.2) is 9.21 Å². The first-order chi connectivity index (χ1) is 9.58. The van der Waals surface area contributed by atoms with Gasteiger partial charge in [0, 0.05) is 1.43 Å². The van der Waals surface area contributed by atoms with Crippen molar-refractivity contribution in [3.63, 3.8) is 0 Å². The van der Waals surface area contributed by atoms with Crippen LogP contribution in [0.5, 0.6) is 0 Å². The SMILES string of the molecule is CC(C)C[C@H](NC(=O)OC(C)(C)C)C(O)c1n[nH]c(=O)o1.[HH]. The number of nitrogens with zero attached hydrogens (tertiary/aromatic N) is 1. The molecule has 0 aliphatic rings. The maximum absolute atomic E-state index is 11.8. The fraction of sp³-hybridized carbons (Fsp3) is 0.769. The second-order valence-corrected chi connectivity index (χ2v) is 6.28. The Labute approximate surface area is 124 Å². The van der Waals surface area contributed by atoms with E-state index in [0.29, 0.717) is 6.42 Å². The molecule has 0 saturated heterocycles. The van der Waals surface area contributed by atoms with Crippen LogP contribution in [-0.2, 0) is 4.74 Å². The second kappa shape index (κ2) is 6.75. The standard InChI is InChI=1S/C13H23N3O5.H2/c1-7(2)6-8(14-11(18)21-13(3,4)5)9(17)10-15-16-12(19)20-10;/h7-9,17H,6H2,1-5H3,(H,14,18)(H,16,19);1H/t8-,9?;/m0./s1. The topological polar surface area (TPSA) is 117 Å². The molecule has 0 bridgehead atoms. The number of alkyl carbamates (subject to hydrolysis) is 1. The summed E-state index contributed by atoms with van der Waals surface area (Å²) in [4.78, 5) is 22.8. The molecule has 0 saturated carbocycles. The third-order valence-electron chi connectivity index (χ3n) is 2.52. The summed E-state index contributed by atoms with van der Waals surface area (Å²) >= 11 is 0. The van der Waals surface area contributed by atoms with Gasteiger partial charge in [-0.3, -0.25) is 0 Å². The zero-order chi connectivity index (χ0) is 16.2. The van der Waals surface area contributed by atoms with E-state index >= 15 is 0 Å². The molecular formula is C13H25N3O5. The maximum Gasteiger partial charge on any atom is 0.434 e. The highest BCUT2D eigenvalue weighted by Crippen LogP contribution is 2.20. The number of carbonyl (C=O) groups is 1. The molecule has 8 heteroatoms. The number of amides is 1. The quantitative estimate of drug-likeness (QED) is 0.760. The van der Waals surface area contributed by atoms with Gasteiger partial charge in [0.1, 0.15) is 5.60 Å². The molecule has 3 N–H and O–H groups in total. The number of hydrogen-bond donors (Lipinski definition) is 3. The minimum absolute atomic E-state index is 0. The molecule has 0 radical (unpaired) electrons. The van der Waals surface area contributed by atoms with E-state index in [1.165, 1.54) is 0 Å². The van der Waals surface area contributed by atoms with E-state index in [1.54, 1.807) is 20.8 Å². The number of nitrogens with one attached hydrogen (secondary N) is 2. The molecule has 2 atom stereocenters. The number of carbonyl (C=O) groups excluding carboxylic acids is 1. The van der Waals surface area contributed by atoms with Crippen LogP contribution in [0.2, 0.25) is 0 Å². The summed E-state index contributed by atoms with van der Waals surface area (Å²) in [7, 11) is 0. The fourth-order valence-electron chi connectivity index (χ4n) is 1.77. The van der Waals surface area contributed by atoms with Crippen LogP contribution in [0.1, 0.15) is 54.5 Å². The van der Waals surface area contributed by atoms with Crippen LogP contribution in [0.3, 0.4) is 0 Å². The number of ether oxygens (including phenoxy) is 1. The highest BCUT2D eigenvalue weighted by Gasteiger charge is 2.29. The third kappa shape index (κ3) is 5.99. The van der Waals surface area contributed by atoms with E-state index in [-0.39, 0.29) is 13.2 Å². The lowest BCUT2D eigenvalue weighted by atomic mass is 9.99. The number of hydrogen-bond acceptors (Lipinski definition) is 6. The summed E-state index contributed by atoms with van der Waals surface area (Å²) in [6, 6.07) is -0.675. The smallest absolute Gasteiger partial charge is 0.434 e. The van der Waals surface area contributed by atoms with Gasteiger partial charge in [-0.25, -0.2) is 14.7 Å². The van der Waals surface area contributed by atoms with E-state index in [1.807, 2.05) is 13.8 Å². The molecule has 0 aliphatic heterocycles. The van der Waals surface area contributed by atoms with Crippen molar-refractivity contribution in [2.45, 2.75) is 58.8 Å². The Kier molecular flexibility index (Phi) is 5.54. The Morgan fingerprint density at radius 1 is 1.52 bits per heavy atom. The summed E-state index contributed by atoms with van der Waals surface area (Å²) in [5, 5.41) is 18.4. The van der Waals surface area contributed by atoms with E-state index in [0.717, 1.165) is 0 Å². The molecule has 1 aromatic heterocycles. The van der Waals surface area contributed by atoms with Gasteiger partial charge in [-0.15, -0.1) is 5.10 Å². The van der Waals surface area contributed by atoms with Gasteiger partial charge in [0.15, 0.2) is 6.10 Å². The predicted molar refractivity (Wildman–Crippen MR) is 76.8 cm³/mol. The number of aromatic nitrogens is 2. The Balaban J connectivity index is 0.00000441. The zero-order valence-electron chi connectivity index (χ0n) is 13.0. The second-order valence-electron chi connectivity index (χ2n) is 6.28. The van der Waals surface area contributed by atoms with Crippen molar-refractivity contribution in [1.82, 2.24) is 15.5 Å². The van der Waals surface area contributed by atoms with Gasteiger partial charge in [-0.1, -0.05) is 13.8 Å². The summed E-state index contributed by atoms with van der Waals surface area (Å²) < 4.78 is 9.89. The average Bonchev–Trinajstić information content (AvgIpc) is 2.70. The monoisotopic (exact) mass is 303 g/mol. The van der Waals surface area contributed by atoms with Crippen molar-refractivity contribution in [3.05, 3.63) is 16.4 Å². The van der Waals surface area contributed by atoms with Crippen LogP contribution in [0.25, 0.3) is 0 Å². The highest BCUT2D eigenvalue weighted by atomic mass is 16.6. The molecule has 0 aliphatic carbocycles. The largest absolute Gasteiger partial charge is 0.444 e. The summed E-state index contributed by atoms with van der Waals surface area (Å²) in [6.07, 6.45) is -1.42. The average molecular weight is 303 g/mol. The van der Waals surface area contributed by atoms with Crippen molar-refractivity contribution in [2.24, 2.45) is 5.92 Å². The molecule has 8 nitrogen and oxygen atoms in total. The molecule has 1 rings (SSSR count). The van der Waals surface area contributed by atoms with Crippen molar-refractivity contribution < 1.29 is 20.5 Å². The zero-order valence-corrected chi connectivity index (χ0v) is 13.0. The lowest BCUT2D eigenvalue weighted by molar-refractivity contribution is 0.0363. The summed E-state index contributed by atoms with van der Waals surface area (Å²) in [6.45, 7) is 9.11. The summed E-state index contributed by atoms with van der Waals surface area (Å²) in [5.74, 6) is -0.725. The van der Waals surface area contributed by atoms with Crippen molar-refractivity contribution in [3.8, 4) is 0 Å². The number of rotatable bonds is 5. The third-order valence-corrected chi connectivity index (χ3v) is 2.52. The Morgan fingerprint density at radius 2 is 2.14 bits per heavy atom. The number of H-pyrrole nitrogens is 1. The minimum atomic E-state index is -1.24. The first-order valence-electron chi connectivity index (χ1n) is 6.81. The van der Waals surface area contributed by atoms with Crippen LogP contribution >= 0.6 is 0 Å². The predicted octanol–water partition coefficient (Wildman–Crippen LogP) is 1.58. The fourth-order valence-corrected chi connectivity index (χ4v) is 1.77. The molecule has 0 fully saturated rings. The lowest BCUT2D eigenvalue weighted by Crippen LogP contribution is -2.43. The van der Waals surface area contributed by atoms with Crippen molar-refractivity contribution in [1.29, 1.82) is 0 Å². The van der Waals surface area contributed by atoms with Crippen molar-refractivity contribution in [2.75, 3.05) is 0 Å². The van der Waals surface area contributed by atoms with E-state index < -0.39 is 29.6 Å². The highest BCUT2D eigenvalue weighted by molar-refractivity contribution is 5.68. The number of aromatic amines is 1. The maximum atomic E-state index is 11.8. The molecule has 0 spiro atoms. The van der Waals surface area contributed by atoms with Crippen LogP contribution < -0.4 is 11.1 Å². The molecule has 1 amide bonds. The van der Waals surface area contributed by atoms with Crippen molar-refractivity contribution >= 4 is 6.09 Å². The molecule has 0 aromatic carbocycles. The van der Waals surface area contributed by atoms with E-state index in [4.69, 9.17) is 9.15 Å². The Morgan fingerprint density at radius 3 is 2.57 bits per heavy atom. The van der Waals surface area contributed by atoms with Crippen LogP contribution in [0, 0.1) is 5.92 Å². The Bertz CT molecular complexity index is 520. The van der Waals surface area contributed by atoms with Gasteiger partial charge in [-0.2, -0.15) is 0 Å². The first-order valence-corrected chi connectivity index (χ1v) is 6.81. The van der Waals surface area contributed by atoms with E-state index in [9.17, 15) is 14.7 Å². The van der Waals surface area contributed by atoms with Gasteiger partial charge in [0.2, 0.25) is 5.89 Å². The molecule has 1 unspecified atom stereocenters. The number of aliphatic hydroxyl groups excluding tert-OH is 1. The molecule has 21 heavy (non-hydrogen) atoms. The minimum Gasteiger partial charge on any atom is -0.444 e. The van der Waals surface area contributed by atoms with Crippen LogP contribution in [0.4, 0.5) is 4.79 Å². The first kappa shape index (κ1) is 17.2. The Hall–Kier alpha value is -1.83. The molecule has 1 aromatic rings. The normalized spacial score (nSPS) is 14.8. The molecule has 122 valence electrons. The number of aliphatic hydroxyl groups is 1. The van der Waals surface area contributed by atoms with E-state index in [2.05, 4.69) is 15.5 Å². The van der Waals surface area contributed by atoms with Gasteiger partial charge >= 0.3 is 11.8 Å². The van der Waals surface area contributed by atoms with Gasteiger partial charge in [-0.05, 0) is 33.1 Å². The molecule has 1 heterocycles. The van der Waals surface area contributed by atoms with Gasteiger partial charge in [0.25, 0.3) is 0 Å². The van der Waals surface area contributed by atoms with Gasteiger partial charge < -0.3 is 19.6 Å². The van der Waals surface area contributed by atoms with Crippen LogP contribution in [-0.4, -0.2) is 33.0 Å². The lowest BCUT2D eigenvalue weighted by Gasteiger charge is -2.26.